The molecule has 2 atom stereocenters. The van der Waals surface area contributed by atoms with Gasteiger partial charge in [-0.3, -0.25) is 4.79 Å². The zero-order valence-electron chi connectivity index (χ0n) is 11.4. The molecule has 1 fully saturated rings. The number of nitrogens with zero attached hydrogens (tertiary/aromatic N) is 1. The number of carboxylic acids is 1. The van der Waals surface area contributed by atoms with Crippen LogP contribution in [0.2, 0.25) is 5.02 Å². The quantitative estimate of drug-likeness (QED) is 0.881. The highest BCUT2D eigenvalue weighted by Crippen LogP contribution is 2.27. The van der Waals surface area contributed by atoms with E-state index in [1.54, 1.807) is 19.1 Å². The summed E-state index contributed by atoms with van der Waals surface area (Å²) in [5.41, 5.74) is 1.53. The number of hydrogen-bond acceptors (Lipinski definition) is 2. The Balaban J connectivity index is 2.09. The highest BCUT2D eigenvalue weighted by atomic mass is 35.5. The van der Waals surface area contributed by atoms with E-state index in [9.17, 15) is 9.59 Å². The first-order valence-electron chi connectivity index (χ1n) is 6.46. The second kappa shape index (κ2) is 5.71. The van der Waals surface area contributed by atoms with E-state index in [0.717, 1.165) is 5.56 Å². The average Bonchev–Trinajstić information content (AvgIpc) is 2.76. The van der Waals surface area contributed by atoms with E-state index in [-0.39, 0.29) is 12.1 Å². The van der Waals surface area contributed by atoms with Crippen LogP contribution in [0.5, 0.6) is 0 Å². The Morgan fingerprint density at radius 3 is 2.75 bits per heavy atom. The maximum absolute atomic E-state index is 12.2. The third-order valence-electron chi connectivity index (χ3n) is 3.70. The molecule has 2 N–H and O–H groups in total. The Labute approximate surface area is 122 Å². The fourth-order valence-corrected chi connectivity index (χ4v) is 2.64. The number of carboxylic acid groups (broad SMARTS) is 1. The van der Waals surface area contributed by atoms with Gasteiger partial charge in [0.15, 0.2) is 0 Å². The first-order valence-corrected chi connectivity index (χ1v) is 6.84. The molecule has 1 saturated heterocycles. The highest BCUT2D eigenvalue weighted by molar-refractivity contribution is 6.33. The summed E-state index contributed by atoms with van der Waals surface area (Å²) in [5, 5.41) is 12.3. The summed E-state index contributed by atoms with van der Waals surface area (Å²) in [6, 6.07) is 4.73. The van der Waals surface area contributed by atoms with Gasteiger partial charge in [-0.05, 0) is 38.0 Å². The van der Waals surface area contributed by atoms with Crippen LogP contribution in [0.15, 0.2) is 18.2 Å². The van der Waals surface area contributed by atoms with Gasteiger partial charge in [-0.2, -0.15) is 0 Å². The number of amides is 2. The van der Waals surface area contributed by atoms with Crippen molar-refractivity contribution in [3.8, 4) is 0 Å². The molecule has 2 amide bonds. The standard InChI is InChI=1S/C14H17ClN2O3/c1-8-3-4-11(15)12(7-8)16-14(20)17-6-5-10(9(17)2)13(18)19/h3-4,7,9-10H,5-6H2,1-2H3,(H,16,20)(H,18,19). The molecule has 5 nitrogen and oxygen atoms in total. The molecule has 2 unspecified atom stereocenters. The van der Waals surface area contributed by atoms with Crippen LogP contribution < -0.4 is 5.32 Å². The molecule has 1 aromatic rings. The Bertz CT molecular complexity index is 547. The van der Waals surface area contributed by atoms with Crippen molar-refractivity contribution < 1.29 is 14.7 Å². The molecule has 0 saturated carbocycles. The van der Waals surface area contributed by atoms with E-state index in [1.807, 2.05) is 13.0 Å². The van der Waals surface area contributed by atoms with Gasteiger partial charge in [-0.1, -0.05) is 17.7 Å². The molecular weight excluding hydrogens is 280 g/mol. The summed E-state index contributed by atoms with van der Waals surface area (Å²) in [6.45, 7) is 4.10. The Kier molecular flexibility index (Phi) is 4.18. The molecule has 1 aliphatic heterocycles. The van der Waals surface area contributed by atoms with Crippen LogP contribution in [0.1, 0.15) is 18.9 Å². The predicted octanol–water partition coefficient (Wildman–Crippen LogP) is 2.98. The number of rotatable bonds is 2. The van der Waals surface area contributed by atoms with Crippen LogP contribution in [0.3, 0.4) is 0 Å². The van der Waals surface area contributed by atoms with Crippen molar-refractivity contribution in [3.05, 3.63) is 28.8 Å². The first kappa shape index (κ1) is 14.7. The third-order valence-corrected chi connectivity index (χ3v) is 4.03. The van der Waals surface area contributed by atoms with Crippen molar-refractivity contribution in [2.24, 2.45) is 5.92 Å². The predicted molar refractivity (Wildman–Crippen MR) is 77.1 cm³/mol. The monoisotopic (exact) mass is 296 g/mol. The number of anilines is 1. The number of carbonyl (C=O) groups excluding carboxylic acids is 1. The summed E-state index contributed by atoms with van der Waals surface area (Å²) in [4.78, 5) is 24.8. The second-order valence-electron chi connectivity index (χ2n) is 5.08. The van der Waals surface area contributed by atoms with Crippen LogP contribution >= 0.6 is 11.6 Å². The van der Waals surface area contributed by atoms with Gasteiger partial charge >= 0.3 is 12.0 Å². The normalized spacial score (nSPS) is 21.9. The Morgan fingerprint density at radius 1 is 1.45 bits per heavy atom. The van der Waals surface area contributed by atoms with Crippen LogP contribution in [0, 0.1) is 12.8 Å². The van der Waals surface area contributed by atoms with Gasteiger partial charge < -0.3 is 15.3 Å². The molecule has 0 bridgehead atoms. The maximum Gasteiger partial charge on any atom is 0.322 e. The summed E-state index contributed by atoms with van der Waals surface area (Å²) in [6.07, 6.45) is 0.478. The number of halogens is 1. The summed E-state index contributed by atoms with van der Waals surface area (Å²) >= 11 is 6.04. The number of carbonyl (C=O) groups is 2. The molecule has 0 aromatic heterocycles. The fourth-order valence-electron chi connectivity index (χ4n) is 2.48. The lowest BCUT2D eigenvalue weighted by atomic mass is 10.0. The van der Waals surface area contributed by atoms with Gasteiger partial charge in [0.25, 0.3) is 0 Å². The largest absolute Gasteiger partial charge is 0.481 e. The van der Waals surface area contributed by atoms with Crippen LogP contribution in [0.4, 0.5) is 10.5 Å². The summed E-state index contributed by atoms with van der Waals surface area (Å²) in [7, 11) is 0. The number of urea groups is 1. The molecule has 1 aromatic carbocycles. The average molecular weight is 297 g/mol. The lowest BCUT2D eigenvalue weighted by molar-refractivity contribution is -0.142. The number of nitrogens with one attached hydrogen (secondary N) is 1. The molecule has 0 radical (unpaired) electrons. The topological polar surface area (TPSA) is 69.6 Å². The van der Waals surface area contributed by atoms with Crippen molar-refractivity contribution in [2.75, 3.05) is 11.9 Å². The van der Waals surface area contributed by atoms with Gasteiger partial charge in [-0.25, -0.2) is 4.79 Å². The van der Waals surface area contributed by atoms with E-state index < -0.39 is 11.9 Å². The van der Waals surface area contributed by atoms with E-state index >= 15 is 0 Å². The highest BCUT2D eigenvalue weighted by Gasteiger charge is 2.38. The first-order chi connectivity index (χ1) is 9.40. The van der Waals surface area contributed by atoms with Crippen LogP contribution in [-0.2, 0) is 4.79 Å². The zero-order valence-corrected chi connectivity index (χ0v) is 12.1. The Morgan fingerprint density at radius 2 is 2.15 bits per heavy atom. The summed E-state index contributed by atoms with van der Waals surface area (Å²) < 4.78 is 0. The minimum absolute atomic E-state index is 0.311. The number of benzene rings is 1. The van der Waals surface area contributed by atoms with Crippen molar-refractivity contribution >= 4 is 29.3 Å². The van der Waals surface area contributed by atoms with Crippen molar-refractivity contribution in [1.82, 2.24) is 4.90 Å². The van der Waals surface area contributed by atoms with Gasteiger partial charge in [0.05, 0.1) is 16.6 Å². The molecule has 1 aliphatic rings. The number of aryl methyl sites for hydroxylation is 1. The SMILES string of the molecule is Cc1ccc(Cl)c(NC(=O)N2CCC(C(=O)O)C2C)c1. The molecule has 1 heterocycles. The van der Waals surface area contributed by atoms with Gasteiger partial charge in [-0.15, -0.1) is 0 Å². The van der Waals surface area contributed by atoms with Gasteiger partial charge in [0.1, 0.15) is 0 Å². The van der Waals surface area contributed by atoms with Gasteiger partial charge in [0, 0.05) is 12.6 Å². The van der Waals surface area contributed by atoms with E-state index in [2.05, 4.69) is 5.32 Å². The Hall–Kier alpha value is -1.75. The van der Waals surface area contributed by atoms with E-state index in [1.165, 1.54) is 4.90 Å². The van der Waals surface area contributed by atoms with E-state index in [0.29, 0.717) is 23.7 Å². The third kappa shape index (κ3) is 2.88. The lowest BCUT2D eigenvalue weighted by Gasteiger charge is -2.24. The minimum atomic E-state index is -0.860. The van der Waals surface area contributed by atoms with E-state index in [4.69, 9.17) is 16.7 Å². The summed E-state index contributed by atoms with van der Waals surface area (Å²) in [5.74, 6) is -1.37. The second-order valence-corrected chi connectivity index (χ2v) is 5.49. The minimum Gasteiger partial charge on any atom is -0.481 e. The molecule has 108 valence electrons. The maximum atomic E-state index is 12.2. The molecule has 6 heteroatoms. The molecular formula is C14H17ClN2O3. The van der Waals surface area contributed by atoms with Gasteiger partial charge in [0.2, 0.25) is 0 Å². The lowest BCUT2D eigenvalue weighted by Crippen LogP contribution is -2.40. The molecule has 0 spiro atoms. The zero-order chi connectivity index (χ0) is 14.9. The molecule has 0 aliphatic carbocycles. The van der Waals surface area contributed by atoms with Crippen molar-refractivity contribution in [2.45, 2.75) is 26.3 Å². The van der Waals surface area contributed by atoms with Crippen molar-refractivity contribution in [1.29, 1.82) is 0 Å². The van der Waals surface area contributed by atoms with Crippen LogP contribution in [-0.4, -0.2) is 34.6 Å². The number of hydrogen-bond donors (Lipinski definition) is 2. The van der Waals surface area contributed by atoms with Crippen LogP contribution in [0.25, 0.3) is 0 Å². The fraction of sp³-hybridized carbons (Fsp3) is 0.429. The van der Waals surface area contributed by atoms with Crippen molar-refractivity contribution in [3.63, 3.8) is 0 Å². The smallest absolute Gasteiger partial charge is 0.322 e. The molecule has 2 rings (SSSR count). The number of likely N-dealkylation sites (tertiary alicyclic amines) is 1. The molecule has 20 heavy (non-hydrogen) atoms. The number of aliphatic carboxylic acids is 1.